The van der Waals surface area contributed by atoms with Gasteiger partial charge in [0.1, 0.15) is 11.6 Å². The molecule has 0 bridgehead atoms. The van der Waals surface area contributed by atoms with Crippen LogP contribution in [0.2, 0.25) is 0 Å². The Labute approximate surface area is 206 Å². The minimum absolute atomic E-state index is 0.232. The number of hydrogen-bond acceptors (Lipinski definition) is 8. The van der Waals surface area contributed by atoms with E-state index in [1.54, 1.807) is 24.5 Å². The van der Waals surface area contributed by atoms with Crippen molar-refractivity contribution in [3.63, 3.8) is 0 Å². The largest absolute Gasteiger partial charge is 0.366 e. The molecule has 5 heterocycles. The highest BCUT2D eigenvalue weighted by molar-refractivity contribution is 5.93. The van der Waals surface area contributed by atoms with E-state index < -0.39 is 11.8 Å². The molecular formula is C26H24F2N8. The van der Waals surface area contributed by atoms with Crippen LogP contribution >= 0.6 is 0 Å². The molecule has 4 aromatic heterocycles. The average molecular weight is 487 g/mol. The van der Waals surface area contributed by atoms with E-state index in [-0.39, 0.29) is 5.82 Å². The summed E-state index contributed by atoms with van der Waals surface area (Å²) in [7, 11) is 0. The summed E-state index contributed by atoms with van der Waals surface area (Å²) >= 11 is 0. The van der Waals surface area contributed by atoms with E-state index in [0.29, 0.717) is 41.0 Å². The lowest BCUT2D eigenvalue weighted by atomic mass is 9.79. The first-order valence-corrected chi connectivity index (χ1v) is 12.3. The van der Waals surface area contributed by atoms with E-state index in [9.17, 15) is 8.78 Å². The van der Waals surface area contributed by atoms with Crippen LogP contribution in [0.25, 0.3) is 22.3 Å². The van der Waals surface area contributed by atoms with Gasteiger partial charge in [0, 0.05) is 42.5 Å². The minimum atomic E-state index is -0.779. The Kier molecular flexibility index (Phi) is 5.02. The van der Waals surface area contributed by atoms with Crippen molar-refractivity contribution in [2.75, 3.05) is 23.7 Å². The van der Waals surface area contributed by atoms with Crippen molar-refractivity contribution in [2.45, 2.75) is 31.2 Å². The number of aromatic nitrogens is 5. The maximum absolute atomic E-state index is 14.1. The van der Waals surface area contributed by atoms with E-state index in [1.807, 2.05) is 6.20 Å². The summed E-state index contributed by atoms with van der Waals surface area (Å²) in [5.41, 5.74) is 2.70. The maximum atomic E-state index is 14.1. The molecule has 182 valence electrons. The third-order valence-electron chi connectivity index (χ3n) is 7.65. The molecule has 2 unspecified atom stereocenters. The molecule has 0 aromatic carbocycles. The molecule has 0 radical (unpaired) electrons. The van der Waals surface area contributed by atoms with Crippen molar-refractivity contribution in [3.05, 3.63) is 60.2 Å². The fraction of sp³-hybridized carbons (Fsp3) is 0.346. The molecule has 10 heteroatoms. The number of piperidine rings is 1. The van der Waals surface area contributed by atoms with Gasteiger partial charge in [-0.15, -0.1) is 0 Å². The van der Waals surface area contributed by atoms with Crippen LogP contribution < -0.4 is 16.0 Å². The van der Waals surface area contributed by atoms with E-state index >= 15 is 0 Å². The van der Waals surface area contributed by atoms with Crippen LogP contribution in [0.5, 0.6) is 0 Å². The topological polar surface area (TPSA) is 101 Å². The molecule has 4 aromatic rings. The normalized spacial score (nSPS) is 22.8. The standard InChI is InChI=1S/C26H24F2N8/c27-18-4-5-20(28)33-25(18)34-21-8-14(6-7-31-21)24-32-19-12-30-9-15(13-2-1-3-13)22(19)26(36-24)35-23-16-10-29-11-17(16)23/h4-9,12-13,16-17,23,29H,1-3,10-11H2,(H,31,33,34)(H,32,35,36). The Hall–Kier alpha value is -3.79. The second-order valence-corrected chi connectivity index (χ2v) is 9.82. The first-order valence-electron chi connectivity index (χ1n) is 12.3. The third-order valence-corrected chi connectivity index (χ3v) is 7.65. The van der Waals surface area contributed by atoms with E-state index in [0.717, 1.165) is 54.8 Å². The van der Waals surface area contributed by atoms with Gasteiger partial charge in [-0.3, -0.25) is 4.98 Å². The lowest BCUT2D eigenvalue weighted by molar-refractivity contribution is 0.421. The zero-order valence-corrected chi connectivity index (χ0v) is 19.4. The monoisotopic (exact) mass is 486 g/mol. The van der Waals surface area contributed by atoms with Gasteiger partial charge in [-0.25, -0.2) is 19.3 Å². The van der Waals surface area contributed by atoms with Gasteiger partial charge >= 0.3 is 0 Å². The Morgan fingerprint density at radius 3 is 2.61 bits per heavy atom. The number of anilines is 3. The fourth-order valence-corrected chi connectivity index (χ4v) is 5.43. The fourth-order valence-electron chi connectivity index (χ4n) is 5.43. The molecule has 8 nitrogen and oxygen atoms in total. The number of rotatable bonds is 6. The summed E-state index contributed by atoms with van der Waals surface area (Å²) in [4.78, 5) is 22.2. The summed E-state index contributed by atoms with van der Waals surface area (Å²) in [6.07, 6.45) is 8.87. The zero-order chi connectivity index (χ0) is 24.2. The molecule has 2 aliphatic carbocycles. The Morgan fingerprint density at radius 2 is 1.81 bits per heavy atom. The van der Waals surface area contributed by atoms with Crippen molar-refractivity contribution in [3.8, 4) is 11.4 Å². The highest BCUT2D eigenvalue weighted by Crippen LogP contribution is 2.46. The molecule has 2 atom stereocenters. The van der Waals surface area contributed by atoms with Crippen LogP contribution in [-0.4, -0.2) is 44.1 Å². The lowest BCUT2D eigenvalue weighted by Crippen LogP contribution is -2.22. The lowest BCUT2D eigenvalue weighted by Gasteiger charge is -2.27. The van der Waals surface area contributed by atoms with Gasteiger partial charge in [-0.05, 0) is 60.4 Å². The predicted molar refractivity (Wildman–Crippen MR) is 132 cm³/mol. The zero-order valence-electron chi connectivity index (χ0n) is 19.4. The average Bonchev–Trinajstić information content (AvgIpc) is 3.25. The van der Waals surface area contributed by atoms with E-state index in [2.05, 4.69) is 30.9 Å². The van der Waals surface area contributed by atoms with Gasteiger partial charge in [0.15, 0.2) is 17.5 Å². The second kappa shape index (κ2) is 8.41. The van der Waals surface area contributed by atoms with Crippen LogP contribution in [0.1, 0.15) is 30.7 Å². The molecule has 3 aliphatic rings. The molecule has 36 heavy (non-hydrogen) atoms. The van der Waals surface area contributed by atoms with Crippen LogP contribution in [0.4, 0.5) is 26.2 Å². The van der Waals surface area contributed by atoms with Crippen molar-refractivity contribution in [1.29, 1.82) is 0 Å². The smallest absolute Gasteiger partial charge is 0.214 e. The highest BCUT2D eigenvalue weighted by atomic mass is 19.1. The molecule has 0 spiro atoms. The summed E-state index contributed by atoms with van der Waals surface area (Å²) in [5, 5.41) is 11.0. The van der Waals surface area contributed by atoms with Crippen molar-refractivity contribution in [1.82, 2.24) is 30.2 Å². The molecule has 3 fully saturated rings. The molecule has 1 aliphatic heterocycles. The van der Waals surface area contributed by atoms with Gasteiger partial charge in [0.2, 0.25) is 5.95 Å². The van der Waals surface area contributed by atoms with Crippen LogP contribution in [0, 0.1) is 23.6 Å². The number of pyridine rings is 3. The molecule has 3 N–H and O–H groups in total. The molecular weight excluding hydrogens is 462 g/mol. The predicted octanol–water partition coefficient (Wildman–Crippen LogP) is 4.40. The third kappa shape index (κ3) is 3.72. The number of fused-ring (bicyclic) bond motifs is 2. The summed E-state index contributed by atoms with van der Waals surface area (Å²) in [6, 6.07) is 5.89. The highest BCUT2D eigenvalue weighted by Gasteiger charge is 2.53. The van der Waals surface area contributed by atoms with Gasteiger partial charge in [-0.2, -0.15) is 9.37 Å². The summed E-state index contributed by atoms with van der Waals surface area (Å²) in [6.45, 7) is 2.05. The number of nitrogens with zero attached hydrogens (tertiary/aromatic N) is 5. The van der Waals surface area contributed by atoms with Crippen molar-refractivity contribution < 1.29 is 8.78 Å². The van der Waals surface area contributed by atoms with Gasteiger partial charge in [0.25, 0.3) is 0 Å². The number of nitrogens with one attached hydrogen (secondary N) is 3. The number of halogens is 2. The quantitative estimate of drug-likeness (QED) is 0.345. The molecule has 7 rings (SSSR count). The first kappa shape index (κ1) is 21.5. The van der Waals surface area contributed by atoms with Crippen molar-refractivity contribution in [2.24, 2.45) is 11.8 Å². The Bertz CT molecular complexity index is 1460. The van der Waals surface area contributed by atoms with Crippen LogP contribution in [0.3, 0.4) is 0 Å². The van der Waals surface area contributed by atoms with Gasteiger partial charge < -0.3 is 16.0 Å². The van der Waals surface area contributed by atoms with Gasteiger partial charge in [-0.1, -0.05) is 6.42 Å². The SMILES string of the molecule is Fc1ccc(F)c(Nc2cc(-c3nc(NC4C5CNCC54)c4c(C5CCC5)cncc4n3)ccn2)n1. The number of hydrogen-bond donors (Lipinski definition) is 3. The van der Waals surface area contributed by atoms with E-state index in [1.165, 1.54) is 12.0 Å². The minimum Gasteiger partial charge on any atom is -0.366 e. The molecule has 1 saturated heterocycles. The van der Waals surface area contributed by atoms with E-state index in [4.69, 9.17) is 9.97 Å². The second-order valence-electron chi connectivity index (χ2n) is 9.82. The van der Waals surface area contributed by atoms with Crippen molar-refractivity contribution >= 4 is 28.4 Å². The maximum Gasteiger partial charge on any atom is 0.214 e. The molecule has 2 saturated carbocycles. The summed E-state index contributed by atoms with van der Waals surface area (Å²) in [5.74, 6) is 1.71. The Morgan fingerprint density at radius 1 is 0.944 bits per heavy atom. The molecule has 0 amide bonds. The summed E-state index contributed by atoms with van der Waals surface area (Å²) < 4.78 is 27.6. The first-order chi connectivity index (χ1) is 17.6. The van der Waals surface area contributed by atoms with Gasteiger partial charge in [0.05, 0.1) is 11.7 Å². The van der Waals surface area contributed by atoms with Crippen LogP contribution in [-0.2, 0) is 0 Å². The Balaban J connectivity index is 1.28. The van der Waals surface area contributed by atoms with Crippen LogP contribution in [0.15, 0.2) is 42.9 Å².